The zero-order valence-corrected chi connectivity index (χ0v) is 13.2. The van der Waals surface area contributed by atoms with Gasteiger partial charge in [-0.05, 0) is 0 Å². The van der Waals surface area contributed by atoms with Gasteiger partial charge in [0.2, 0.25) is 0 Å². The van der Waals surface area contributed by atoms with Crippen LogP contribution in [0, 0.1) is 0 Å². The molecule has 7 heteroatoms. The zero-order chi connectivity index (χ0) is 13.0. The van der Waals surface area contributed by atoms with Gasteiger partial charge in [-0.3, -0.25) is 0 Å². The monoisotopic (exact) mass is 392 g/mol. The summed E-state index contributed by atoms with van der Waals surface area (Å²) >= 11 is 3.27. The van der Waals surface area contributed by atoms with Crippen LogP contribution in [0.15, 0.2) is 53.6 Å². The Balaban J connectivity index is 2.37. The molecule has 1 N–H and O–H groups in total. The molecule has 0 radical (unpaired) electrons. The quantitative estimate of drug-likeness (QED) is 0.804. The molecule has 2 rings (SSSR count). The second kappa shape index (κ2) is 5.84. The topological polar surface area (TPSA) is 59.1 Å². The maximum absolute atomic E-state index is 12.2. The van der Waals surface area contributed by atoms with E-state index in [9.17, 15) is 8.42 Å². The molecule has 0 spiro atoms. The first-order valence-electron chi connectivity index (χ1n) is 4.95. The van der Waals surface area contributed by atoms with Crippen molar-refractivity contribution in [2.75, 3.05) is 4.72 Å². The molecular weight excluding hydrogens is 383 g/mol. The Hall–Kier alpha value is -0.881. The van der Waals surface area contributed by atoms with Crippen molar-refractivity contribution in [1.82, 2.24) is 4.98 Å². The van der Waals surface area contributed by atoms with Crippen LogP contribution in [0.2, 0.25) is 0 Å². The van der Waals surface area contributed by atoms with Gasteiger partial charge in [-0.15, -0.1) is 0 Å². The summed E-state index contributed by atoms with van der Waals surface area (Å²) in [5.41, 5.74) is 0. The van der Waals surface area contributed by atoms with E-state index in [0.29, 0.717) is 5.82 Å². The van der Waals surface area contributed by atoms with Gasteiger partial charge in [0.25, 0.3) is 0 Å². The van der Waals surface area contributed by atoms with Crippen LogP contribution >= 0.6 is 14.1 Å². The van der Waals surface area contributed by atoms with Gasteiger partial charge in [0.15, 0.2) is 0 Å². The van der Waals surface area contributed by atoms with Crippen molar-refractivity contribution in [3.05, 3.63) is 48.7 Å². The Bertz CT molecular complexity index is 635. The van der Waals surface area contributed by atoms with Crippen LogP contribution in [0.1, 0.15) is 0 Å². The van der Waals surface area contributed by atoms with Crippen molar-refractivity contribution in [2.24, 2.45) is 0 Å². The summed E-state index contributed by atoms with van der Waals surface area (Å²) in [6, 6.07) is 12.0. The molecule has 1 heterocycles. The van der Waals surface area contributed by atoms with Crippen LogP contribution in [0.3, 0.4) is 0 Å². The van der Waals surface area contributed by atoms with Gasteiger partial charge in [-0.25, -0.2) is 0 Å². The van der Waals surface area contributed by atoms with E-state index in [-0.39, 0.29) is 18.0 Å². The number of nitrogens with zero attached hydrogens (tertiary/aromatic N) is 1. The van der Waals surface area contributed by atoms with Gasteiger partial charge in [0, 0.05) is 0 Å². The third kappa shape index (κ3) is 3.11. The predicted molar refractivity (Wildman–Crippen MR) is 75.8 cm³/mol. The van der Waals surface area contributed by atoms with E-state index in [1.807, 2.05) is 6.07 Å². The molecule has 0 unspecified atom stereocenters. The number of nitrogens with one attached hydrogen (secondary N) is 1. The van der Waals surface area contributed by atoms with Crippen molar-refractivity contribution < 1.29 is 8.42 Å². The SMILES string of the molecule is O=S(=O)(Nc1ccccn1)c1ccccc1[Se]Br. The number of benzene rings is 1. The van der Waals surface area contributed by atoms with Gasteiger partial charge in [-0.1, -0.05) is 0 Å². The van der Waals surface area contributed by atoms with Crippen LogP contribution in [0.4, 0.5) is 5.82 Å². The second-order valence-corrected chi connectivity index (χ2v) is 7.92. The van der Waals surface area contributed by atoms with Gasteiger partial charge >= 0.3 is 119 Å². The molecule has 0 aliphatic rings. The molecule has 0 aliphatic carbocycles. The van der Waals surface area contributed by atoms with Crippen LogP contribution in [-0.4, -0.2) is 26.6 Å². The fourth-order valence-electron chi connectivity index (χ4n) is 1.35. The molecule has 0 atom stereocenters. The van der Waals surface area contributed by atoms with Crippen molar-refractivity contribution in [2.45, 2.75) is 4.90 Å². The molecule has 1 aromatic carbocycles. The van der Waals surface area contributed by atoms with Gasteiger partial charge in [0.1, 0.15) is 0 Å². The number of hydrogen-bond donors (Lipinski definition) is 1. The molecule has 2 aromatic rings. The third-order valence-electron chi connectivity index (χ3n) is 2.13. The van der Waals surface area contributed by atoms with E-state index in [0.717, 1.165) is 4.46 Å². The molecule has 0 saturated carbocycles. The molecule has 4 nitrogen and oxygen atoms in total. The Morgan fingerprint density at radius 2 is 1.83 bits per heavy atom. The van der Waals surface area contributed by atoms with Crippen LogP contribution in [0.5, 0.6) is 0 Å². The summed E-state index contributed by atoms with van der Waals surface area (Å²) in [6.07, 6.45) is 1.54. The van der Waals surface area contributed by atoms with Crippen molar-refractivity contribution in [3.63, 3.8) is 0 Å². The standard InChI is InChI=1S/C11H9BrN2O2SSe/c12-18-10-6-2-1-5-9(10)17(15,16)14-11-7-3-4-8-13-11/h1-8H,(H,13,14). The first-order chi connectivity index (χ1) is 8.63. The fraction of sp³-hybridized carbons (Fsp3) is 0. The fourth-order valence-corrected chi connectivity index (χ4v) is 5.95. The van der Waals surface area contributed by atoms with Gasteiger partial charge in [0.05, 0.1) is 0 Å². The normalized spacial score (nSPS) is 11.2. The first kappa shape index (κ1) is 13.5. The molecule has 0 aliphatic heterocycles. The first-order valence-corrected chi connectivity index (χ1v) is 11.3. The number of anilines is 1. The second-order valence-electron chi connectivity index (χ2n) is 3.34. The van der Waals surface area contributed by atoms with Crippen molar-refractivity contribution in [1.29, 1.82) is 0 Å². The number of rotatable bonds is 4. The summed E-state index contributed by atoms with van der Waals surface area (Å²) in [5, 5.41) is 0. The number of halogens is 1. The zero-order valence-electron chi connectivity index (χ0n) is 9.08. The van der Waals surface area contributed by atoms with Gasteiger partial charge < -0.3 is 0 Å². The van der Waals surface area contributed by atoms with E-state index >= 15 is 0 Å². The summed E-state index contributed by atoms with van der Waals surface area (Å²) < 4.78 is 27.7. The Morgan fingerprint density at radius 1 is 1.11 bits per heavy atom. The van der Waals surface area contributed by atoms with E-state index in [4.69, 9.17) is 0 Å². The average Bonchev–Trinajstić information content (AvgIpc) is 2.39. The maximum atomic E-state index is 12.2. The van der Waals surface area contributed by atoms with Crippen LogP contribution in [0.25, 0.3) is 0 Å². The third-order valence-corrected chi connectivity index (χ3v) is 6.74. The van der Waals surface area contributed by atoms with Crippen LogP contribution in [-0.2, 0) is 10.0 Å². The number of hydrogen-bond acceptors (Lipinski definition) is 3. The Labute approximate surface area is 119 Å². The van der Waals surface area contributed by atoms with E-state index in [2.05, 4.69) is 23.8 Å². The minimum absolute atomic E-state index is 0.0670. The van der Waals surface area contributed by atoms with E-state index in [1.165, 1.54) is 6.20 Å². The summed E-state index contributed by atoms with van der Waals surface area (Å²) in [7, 11) is -3.58. The molecule has 0 saturated heterocycles. The number of sulfonamides is 1. The molecule has 94 valence electrons. The molecule has 0 fully saturated rings. The predicted octanol–water partition coefficient (Wildman–Crippen LogP) is 1.52. The van der Waals surface area contributed by atoms with Crippen molar-refractivity contribution in [3.8, 4) is 0 Å². The summed E-state index contributed by atoms with van der Waals surface area (Å²) in [4.78, 5) is 4.23. The molecule has 18 heavy (non-hydrogen) atoms. The van der Waals surface area contributed by atoms with Gasteiger partial charge in [-0.2, -0.15) is 0 Å². The average molecular weight is 392 g/mol. The van der Waals surface area contributed by atoms with Crippen molar-refractivity contribution >= 4 is 47.6 Å². The minimum atomic E-state index is -3.58. The van der Waals surface area contributed by atoms with E-state index < -0.39 is 10.0 Å². The molecule has 0 bridgehead atoms. The Kier molecular flexibility index (Phi) is 4.40. The molecular formula is C11H9BrN2O2SSe. The summed E-state index contributed by atoms with van der Waals surface area (Å²) in [6.45, 7) is 0. The molecule has 1 aromatic heterocycles. The number of aromatic nitrogens is 1. The number of pyridine rings is 1. The Morgan fingerprint density at radius 3 is 2.50 bits per heavy atom. The van der Waals surface area contributed by atoms with Crippen LogP contribution < -0.4 is 9.18 Å². The summed E-state index contributed by atoms with van der Waals surface area (Å²) in [5.74, 6) is 0.314. The van der Waals surface area contributed by atoms with E-state index in [1.54, 1.807) is 36.4 Å². The molecule has 0 amide bonds.